The normalized spacial score (nSPS) is 18.3. The fourth-order valence-corrected chi connectivity index (χ4v) is 3.08. The number of carbonyl (C=O) groups is 2. The lowest BCUT2D eigenvalue weighted by molar-refractivity contribution is -0.127. The van der Waals surface area contributed by atoms with Gasteiger partial charge in [-0.2, -0.15) is 0 Å². The second-order valence-electron chi connectivity index (χ2n) is 6.36. The zero-order valence-corrected chi connectivity index (χ0v) is 14.5. The van der Waals surface area contributed by atoms with Crippen LogP contribution in [0.5, 0.6) is 5.75 Å². The maximum absolute atomic E-state index is 12.5. The van der Waals surface area contributed by atoms with Crippen LogP contribution in [0, 0.1) is 5.92 Å². The Bertz CT molecular complexity index is 625. The number of hydrogen-bond acceptors (Lipinski definition) is 3. The number of likely N-dealkylation sites (tertiary alicyclic amines) is 1. The largest absolute Gasteiger partial charge is 0.497 e. The van der Waals surface area contributed by atoms with Crippen molar-refractivity contribution < 1.29 is 14.3 Å². The molecule has 2 rings (SSSR count). The molecule has 2 amide bonds. The quantitative estimate of drug-likeness (QED) is 0.815. The number of carbonyl (C=O) groups excluding carboxylic acids is 2. The van der Waals surface area contributed by atoms with Crippen molar-refractivity contribution in [2.45, 2.75) is 32.6 Å². The van der Waals surface area contributed by atoms with E-state index < -0.39 is 0 Å². The second-order valence-corrected chi connectivity index (χ2v) is 6.36. The highest BCUT2D eigenvalue weighted by Gasteiger charge is 2.23. The zero-order valence-electron chi connectivity index (χ0n) is 14.5. The molecule has 130 valence electrons. The standard InChI is InChI=1S/C19H26N2O3/c1-14(16-6-3-7-17(12-16)24-2)11-19(23)21-10-4-5-15(13-21)8-9-18(20)22/h3,6-7,11-12,15H,4-5,8-10,13H2,1-2H3,(H2,20,22)/b14-11+. The lowest BCUT2D eigenvalue weighted by atomic mass is 9.93. The molecule has 0 spiro atoms. The van der Waals surface area contributed by atoms with Crippen LogP contribution >= 0.6 is 0 Å². The van der Waals surface area contributed by atoms with Crippen LogP contribution in [0.1, 0.15) is 38.2 Å². The van der Waals surface area contributed by atoms with Crippen molar-refractivity contribution in [3.05, 3.63) is 35.9 Å². The summed E-state index contributed by atoms with van der Waals surface area (Å²) in [6.45, 7) is 3.41. The number of rotatable bonds is 6. The molecule has 5 nitrogen and oxygen atoms in total. The summed E-state index contributed by atoms with van der Waals surface area (Å²) in [4.78, 5) is 25.4. The van der Waals surface area contributed by atoms with E-state index in [2.05, 4.69) is 0 Å². The van der Waals surface area contributed by atoms with Crippen molar-refractivity contribution in [1.82, 2.24) is 4.90 Å². The SMILES string of the molecule is COc1cccc(/C(C)=C/C(=O)N2CCCC(CCC(N)=O)C2)c1. The molecule has 2 N–H and O–H groups in total. The Hall–Kier alpha value is -2.30. The van der Waals surface area contributed by atoms with Crippen LogP contribution in [0.3, 0.4) is 0 Å². The molecule has 24 heavy (non-hydrogen) atoms. The number of benzene rings is 1. The van der Waals surface area contributed by atoms with Crippen LogP contribution < -0.4 is 10.5 Å². The van der Waals surface area contributed by atoms with E-state index in [0.717, 1.165) is 42.7 Å². The van der Waals surface area contributed by atoms with Crippen LogP contribution in [-0.2, 0) is 9.59 Å². The Morgan fingerprint density at radius 1 is 1.42 bits per heavy atom. The Morgan fingerprint density at radius 3 is 2.92 bits per heavy atom. The van der Waals surface area contributed by atoms with Crippen molar-refractivity contribution >= 4 is 17.4 Å². The minimum Gasteiger partial charge on any atom is -0.497 e. The van der Waals surface area contributed by atoms with Crippen molar-refractivity contribution in [2.24, 2.45) is 11.7 Å². The molecule has 1 unspecified atom stereocenters. The van der Waals surface area contributed by atoms with E-state index in [9.17, 15) is 9.59 Å². The van der Waals surface area contributed by atoms with Gasteiger partial charge in [-0.15, -0.1) is 0 Å². The van der Waals surface area contributed by atoms with Gasteiger partial charge in [0.2, 0.25) is 11.8 Å². The number of nitrogens with two attached hydrogens (primary N) is 1. The van der Waals surface area contributed by atoms with E-state index in [1.807, 2.05) is 36.1 Å². The van der Waals surface area contributed by atoms with Gasteiger partial charge in [-0.1, -0.05) is 12.1 Å². The fourth-order valence-electron chi connectivity index (χ4n) is 3.08. The Balaban J connectivity index is 2.00. The van der Waals surface area contributed by atoms with Crippen LogP contribution in [0.4, 0.5) is 0 Å². The molecule has 1 aromatic rings. The average molecular weight is 330 g/mol. The van der Waals surface area contributed by atoms with Gasteiger partial charge >= 0.3 is 0 Å². The van der Waals surface area contributed by atoms with Gasteiger partial charge in [-0.3, -0.25) is 9.59 Å². The lowest BCUT2D eigenvalue weighted by Gasteiger charge is -2.32. The number of allylic oxidation sites excluding steroid dienone is 1. The summed E-state index contributed by atoms with van der Waals surface area (Å²) in [6.07, 6.45) is 4.87. The van der Waals surface area contributed by atoms with E-state index >= 15 is 0 Å². The first-order chi connectivity index (χ1) is 11.5. The molecule has 0 saturated carbocycles. The highest BCUT2D eigenvalue weighted by molar-refractivity contribution is 5.95. The highest BCUT2D eigenvalue weighted by atomic mass is 16.5. The first-order valence-corrected chi connectivity index (χ1v) is 8.39. The minimum atomic E-state index is -0.271. The van der Waals surface area contributed by atoms with Gasteiger partial charge in [-0.25, -0.2) is 0 Å². The van der Waals surface area contributed by atoms with Crippen molar-refractivity contribution in [1.29, 1.82) is 0 Å². The van der Waals surface area contributed by atoms with E-state index in [0.29, 0.717) is 18.9 Å². The Kier molecular flexibility index (Phi) is 6.41. The molecule has 1 aromatic carbocycles. The van der Waals surface area contributed by atoms with Gasteiger partial charge in [0, 0.05) is 25.6 Å². The number of amides is 2. The molecule has 1 saturated heterocycles. The summed E-state index contributed by atoms with van der Waals surface area (Å²) in [5.74, 6) is 0.893. The molecule has 1 fully saturated rings. The highest BCUT2D eigenvalue weighted by Crippen LogP contribution is 2.23. The summed E-state index contributed by atoms with van der Waals surface area (Å²) in [5.41, 5.74) is 7.11. The van der Waals surface area contributed by atoms with Gasteiger partial charge in [0.05, 0.1) is 7.11 Å². The lowest BCUT2D eigenvalue weighted by Crippen LogP contribution is -2.39. The molecule has 1 aliphatic heterocycles. The second kappa shape index (κ2) is 8.52. The predicted octanol–water partition coefficient (Wildman–Crippen LogP) is 2.60. The van der Waals surface area contributed by atoms with Crippen LogP contribution in [0.25, 0.3) is 5.57 Å². The number of nitrogens with zero attached hydrogens (tertiary/aromatic N) is 1. The van der Waals surface area contributed by atoms with Crippen molar-refractivity contribution in [2.75, 3.05) is 20.2 Å². The Morgan fingerprint density at radius 2 is 2.21 bits per heavy atom. The van der Waals surface area contributed by atoms with Crippen molar-refractivity contribution in [3.8, 4) is 5.75 Å². The third-order valence-electron chi connectivity index (χ3n) is 4.49. The number of methoxy groups -OCH3 is 1. The third kappa shape index (κ3) is 5.11. The predicted molar refractivity (Wildman–Crippen MR) is 94.4 cm³/mol. The van der Waals surface area contributed by atoms with Crippen molar-refractivity contribution in [3.63, 3.8) is 0 Å². The number of piperidine rings is 1. The zero-order chi connectivity index (χ0) is 17.5. The van der Waals surface area contributed by atoms with Gasteiger partial charge in [0.25, 0.3) is 0 Å². The van der Waals surface area contributed by atoms with E-state index in [1.54, 1.807) is 13.2 Å². The van der Waals surface area contributed by atoms with E-state index in [4.69, 9.17) is 10.5 Å². The molecule has 0 aliphatic carbocycles. The van der Waals surface area contributed by atoms with Crippen LogP contribution in [-0.4, -0.2) is 36.9 Å². The molecule has 1 aliphatic rings. The summed E-state index contributed by atoms with van der Waals surface area (Å²) in [6, 6.07) is 7.68. The van der Waals surface area contributed by atoms with Gasteiger partial charge in [-0.05, 0) is 55.4 Å². The average Bonchev–Trinajstić information content (AvgIpc) is 2.60. The molecule has 0 bridgehead atoms. The maximum atomic E-state index is 12.5. The molecular formula is C19H26N2O3. The summed E-state index contributed by atoms with van der Waals surface area (Å²) < 4.78 is 5.23. The number of ether oxygens (including phenoxy) is 1. The smallest absolute Gasteiger partial charge is 0.246 e. The summed E-state index contributed by atoms with van der Waals surface area (Å²) >= 11 is 0. The minimum absolute atomic E-state index is 0.0269. The summed E-state index contributed by atoms with van der Waals surface area (Å²) in [5, 5.41) is 0. The fraction of sp³-hybridized carbons (Fsp3) is 0.474. The first kappa shape index (κ1) is 18.0. The molecule has 1 atom stereocenters. The van der Waals surface area contributed by atoms with Crippen LogP contribution in [0.15, 0.2) is 30.3 Å². The topological polar surface area (TPSA) is 72.6 Å². The molecule has 0 radical (unpaired) electrons. The van der Waals surface area contributed by atoms with E-state index in [1.165, 1.54) is 0 Å². The van der Waals surface area contributed by atoms with Gasteiger partial charge < -0.3 is 15.4 Å². The number of hydrogen-bond donors (Lipinski definition) is 1. The third-order valence-corrected chi connectivity index (χ3v) is 4.49. The molecule has 5 heteroatoms. The van der Waals surface area contributed by atoms with Gasteiger partial charge in [0.1, 0.15) is 5.75 Å². The van der Waals surface area contributed by atoms with Crippen LogP contribution in [0.2, 0.25) is 0 Å². The van der Waals surface area contributed by atoms with Gasteiger partial charge in [0.15, 0.2) is 0 Å². The monoisotopic (exact) mass is 330 g/mol. The van der Waals surface area contributed by atoms with E-state index in [-0.39, 0.29) is 11.8 Å². The maximum Gasteiger partial charge on any atom is 0.246 e. The Labute approximate surface area is 143 Å². The summed E-state index contributed by atoms with van der Waals surface area (Å²) in [7, 11) is 1.63. The first-order valence-electron chi connectivity index (χ1n) is 8.39. The molecular weight excluding hydrogens is 304 g/mol. The number of primary amides is 1. The molecule has 0 aromatic heterocycles. The molecule has 1 heterocycles.